The van der Waals surface area contributed by atoms with Gasteiger partial charge >= 0.3 is 0 Å². The molecule has 2 saturated heterocycles. The number of likely N-dealkylation sites (tertiary alicyclic amines) is 1. The average molecular weight is 442 g/mol. The number of aromatic nitrogens is 3. The molecule has 4 rings (SSSR count). The van der Waals surface area contributed by atoms with Gasteiger partial charge in [-0.05, 0) is 37.5 Å². The first-order chi connectivity index (χ1) is 15.6. The summed E-state index contributed by atoms with van der Waals surface area (Å²) in [6, 6.07) is 8.81. The highest BCUT2D eigenvalue weighted by molar-refractivity contribution is 5.80. The second-order valence-electron chi connectivity index (χ2n) is 8.42. The summed E-state index contributed by atoms with van der Waals surface area (Å²) in [5.41, 5.74) is 1.27. The third-order valence-electron chi connectivity index (χ3n) is 6.43. The van der Waals surface area contributed by atoms with Gasteiger partial charge in [0.15, 0.2) is 11.8 Å². The Labute approximate surface area is 190 Å². The van der Waals surface area contributed by atoms with Gasteiger partial charge in [0.05, 0.1) is 20.3 Å². The van der Waals surface area contributed by atoms with E-state index < -0.39 is 0 Å². The van der Waals surface area contributed by atoms with Crippen molar-refractivity contribution in [2.24, 2.45) is 12.0 Å². The van der Waals surface area contributed by atoms with Crippen LogP contribution in [0.2, 0.25) is 0 Å². The summed E-state index contributed by atoms with van der Waals surface area (Å²) < 4.78 is 12.8. The molecule has 32 heavy (non-hydrogen) atoms. The Morgan fingerprint density at radius 1 is 1.19 bits per heavy atom. The number of nitrogens with one attached hydrogen (secondary N) is 1. The normalized spacial score (nSPS) is 20.0. The molecular weight excluding hydrogens is 406 g/mol. The molecule has 9 nitrogen and oxygen atoms in total. The number of benzene rings is 1. The SMILES string of the molecule is COc1ccc(CCNC(=NCc2nnc(C)n2C)N2CCC(N3CCOCC3)C2)cc1. The second-order valence-corrected chi connectivity index (χ2v) is 8.42. The summed E-state index contributed by atoms with van der Waals surface area (Å²) in [5, 5.41) is 12.0. The smallest absolute Gasteiger partial charge is 0.194 e. The van der Waals surface area contributed by atoms with E-state index in [1.54, 1.807) is 7.11 Å². The van der Waals surface area contributed by atoms with Crippen molar-refractivity contribution in [3.8, 4) is 5.75 Å². The van der Waals surface area contributed by atoms with Gasteiger partial charge in [-0.2, -0.15) is 0 Å². The molecule has 1 atom stereocenters. The number of guanidine groups is 1. The van der Waals surface area contributed by atoms with E-state index in [0.29, 0.717) is 12.6 Å². The summed E-state index contributed by atoms with van der Waals surface area (Å²) in [6.45, 7) is 9.01. The maximum atomic E-state index is 5.53. The minimum Gasteiger partial charge on any atom is -0.497 e. The number of ether oxygens (including phenoxy) is 2. The lowest BCUT2D eigenvalue weighted by atomic mass is 10.1. The summed E-state index contributed by atoms with van der Waals surface area (Å²) >= 11 is 0. The number of aliphatic imine (C=N–C) groups is 1. The number of aryl methyl sites for hydroxylation is 1. The summed E-state index contributed by atoms with van der Waals surface area (Å²) in [5.74, 6) is 3.61. The molecule has 3 heterocycles. The lowest BCUT2D eigenvalue weighted by molar-refractivity contribution is 0.0195. The van der Waals surface area contributed by atoms with Crippen LogP contribution in [0.4, 0.5) is 0 Å². The van der Waals surface area contributed by atoms with E-state index in [2.05, 4.69) is 37.4 Å². The number of rotatable bonds is 7. The first-order valence-electron chi connectivity index (χ1n) is 11.5. The van der Waals surface area contributed by atoms with Crippen LogP contribution >= 0.6 is 0 Å². The fourth-order valence-electron chi connectivity index (χ4n) is 4.29. The highest BCUT2D eigenvalue weighted by Gasteiger charge is 2.30. The van der Waals surface area contributed by atoms with Crippen molar-refractivity contribution >= 4 is 5.96 Å². The van der Waals surface area contributed by atoms with Gasteiger partial charge in [0.25, 0.3) is 0 Å². The van der Waals surface area contributed by atoms with E-state index in [1.807, 2.05) is 30.7 Å². The number of hydrogen-bond acceptors (Lipinski definition) is 6. The van der Waals surface area contributed by atoms with Crippen molar-refractivity contribution < 1.29 is 9.47 Å². The molecule has 0 saturated carbocycles. The van der Waals surface area contributed by atoms with E-state index in [0.717, 1.165) is 82.1 Å². The standard InChI is InChI=1S/C23H35N7O2/c1-18-26-27-22(28(18)2)16-25-23(24-10-8-19-4-6-21(31-3)7-5-19)30-11-9-20(17-30)29-12-14-32-15-13-29/h4-7,20H,8-17H2,1-3H3,(H,24,25). The highest BCUT2D eigenvalue weighted by atomic mass is 16.5. The summed E-state index contributed by atoms with van der Waals surface area (Å²) in [4.78, 5) is 9.88. The largest absolute Gasteiger partial charge is 0.497 e. The lowest BCUT2D eigenvalue weighted by Gasteiger charge is -2.32. The molecule has 0 aliphatic carbocycles. The molecule has 2 aromatic rings. The zero-order chi connectivity index (χ0) is 22.3. The lowest BCUT2D eigenvalue weighted by Crippen LogP contribution is -2.47. The monoisotopic (exact) mass is 441 g/mol. The van der Waals surface area contributed by atoms with Crippen LogP contribution in [0.5, 0.6) is 5.75 Å². The highest BCUT2D eigenvalue weighted by Crippen LogP contribution is 2.17. The summed E-state index contributed by atoms with van der Waals surface area (Å²) in [6.07, 6.45) is 2.08. The molecule has 0 amide bonds. The first-order valence-corrected chi connectivity index (χ1v) is 11.5. The molecule has 174 valence electrons. The first kappa shape index (κ1) is 22.5. The third kappa shape index (κ3) is 5.58. The van der Waals surface area contributed by atoms with E-state index in [1.165, 1.54) is 5.56 Å². The molecule has 0 bridgehead atoms. The van der Waals surface area contributed by atoms with Gasteiger partial charge in [0, 0.05) is 45.8 Å². The van der Waals surface area contributed by atoms with Crippen molar-refractivity contribution in [2.75, 3.05) is 53.0 Å². The van der Waals surface area contributed by atoms with E-state index in [-0.39, 0.29) is 0 Å². The van der Waals surface area contributed by atoms with E-state index >= 15 is 0 Å². The molecule has 0 spiro atoms. The Morgan fingerprint density at radius 3 is 2.66 bits per heavy atom. The van der Waals surface area contributed by atoms with Crippen LogP contribution < -0.4 is 10.1 Å². The fraction of sp³-hybridized carbons (Fsp3) is 0.609. The van der Waals surface area contributed by atoms with Crippen molar-refractivity contribution in [1.29, 1.82) is 0 Å². The van der Waals surface area contributed by atoms with Gasteiger partial charge in [0.2, 0.25) is 0 Å². The number of nitrogens with zero attached hydrogens (tertiary/aromatic N) is 6. The molecule has 1 unspecified atom stereocenters. The van der Waals surface area contributed by atoms with Gasteiger partial charge in [-0.1, -0.05) is 12.1 Å². The Hall–Kier alpha value is -2.65. The Morgan fingerprint density at radius 2 is 1.97 bits per heavy atom. The van der Waals surface area contributed by atoms with Crippen molar-refractivity contribution in [2.45, 2.75) is 32.4 Å². The van der Waals surface area contributed by atoms with Gasteiger partial charge in [-0.3, -0.25) is 4.90 Å². The zero-order valence-corrected chi connectivity index (χ0v) is 19.5. The third-order valence-corrected chi connectivity index (χ3v) is 6.43. The van der Waals surface area contributed by atoms with Crippen LogP contribution in [0, 0.1) is 6.92 Å². The minimum atomic E-state index is 0.515. The molecular formula is C23H35N7O2. The number of methoxy groups -OCH3 is 1. The zero-order valence-electron chi connectivity index (χ0n) is 19.5. The quantitative estimate of drug-likeness (QED) is 0.511. The molecule has 2 aliphatic heterocycles. The fourth-order valence-corrected chi connectivity index (χ4v) is 4.29. The molecule has 1 N–H and O–H groups in total. The van der Waals surface area contributed by atoms with Crippen molar-refractivity contribution in [3.05, 3.63) is 41.5 Å². The van der Waals surface area contributed by atoms with Crippen LogP contribution in [0.15, 0.2) is 29.3 Å². The summed E-state index contributed by atoms with van der Waals surface area (Å²) in [7, 11) is 3.68. The van der Waals surface area contributed by atoms with Crippen LogP contribution in [0.3, 0.4) is 0 Å². The molecule has 2 fully saturated rings. The predicted molar refractivity (Wildman–Crippen MR) is 124 cm³/mol. The van der Waals surface area contributed by atoms with Gasteiger partial charge in [-0.15, -0.1) is 10.2 Å². The molecule has 1 aromatic carbocycles. The predicted octanol–water partition coefficient (Wildman–Crippen LogP) is 1.23. The maximum Gasteiger partial charge on any atom is 0.194 e. The van der Waals surface area contributed by atoms with Gasteiger partial charge in [0.1, 0.15) is 18.1 Å². The van der Waals surface area contributed by atoms with Crippen LogP contribution in [0.1, 0.15) is 23.6 Å². The number of morpholine rings is 1. The van der Waals surface area contributed by atoms with Crippen molar-refractivity contribution in [3.63, 3.8) is 0 Å². The molecule has 1 aromatic heterocycles. The van der Waals surface area contributed by atoms with E-state index in [9.17, 15) is 0 Å². The topological polar surface area (TPSA) is 80.0 Å². The van der Waals surface area contributed by atoms with E-state index in [4.69, 9.17) is 14.5 Å². The van der Waals surface area contributed by atoms with Gasteiger partial charge in [-0.25, -0.2) is 4.99 Å². The van der Waals surface area contributed by atoms with Crippen LogP contribution in [-0.2, 0) is 24.8 Å². The maximum absolute atomic E-state index is 5.53. The van der Waals surface area contributed by atoms with Crippen molar-refractivity contribution in [1.82, 2.24) is 29.9 Å². The average Bonchev–Trinajstić information content (AvgIpc) is 3.45. The van der Waals surface area contributed by atoms with Crippen LogP contribution in [-0.4, -0.2) is 89.6 Å². The number of hydrogen-bond donors (Lipinski definition) is 1. The molecule has 9 heteroatoms. The van der Waals surface area contributed by atoms with Gasteiger partial charge < -0.3 is 24.3 Å². The molecule has 0 radical (unpaired) electrons. The second kappa shape index (κ2) is 10.8. The Balaban J connectivity index is 1.40. The molecule has 2 aliphatic rings. The van der Waals surface area contributed by atoms with Crippen LogP contribution in [0.25, 0.3) is 0 Å². The Bertz CT molecular complexity index is 890. The Kier molecular flexibility index (Phi) is 7.59. The minimum absolute atomic E-state index is 0.515.